The first-order valence-electron chi connectivity index (χ1n) is 11.3. The Hall–Kier alpha value is -2.32. The number of amides is 3. The van der Waals surface area contributed by atoms with E-state index in [9.17, 15) is 9.59 Å². The molecule has 4 heterocycles. The zero-order chi connectivity index (χ0) is 21.2. The third-order valence-corrected chi connectivity index (χ3v) is 7.77. The number of aromatic nitrogens is 1. The van der Waals surface area contributed by atoms with Crippen molar-refractivity contribution in [1.29, 1.82) is 0 Å². The molecule has 1 aromatic carbocycles. The summed E-state index contributed by atoms with van der Waals surface area (Å²) in [5.41, 5.74) is 2.00. The summed E-state index contributed by atoms with van der Waals surface area (Å²) in [4.78, 5) is 34.5. The van der Waals surface area contributed by atoms with E-state index in [-0.39, 0.29) is 17.8 Å². The molecule has 31 heavy (non-hydrogen) atoms. The Balaban J connectivity index is 1.41. The molecule has 2 aromatic rings. The number of piperazine rings is 1. The van der Waals surface area contributed by atoms with Gasteiger partial charge in [-0.2, -0.15) is 0 Å². The van der Waals surface area contributed by atoms with Crippen LogP contribution >= 0.6 is 11.6 Å². The van der Waals surface area contributed by atoms with Crippen LogP contribution in [0.3, 0.4) is 0 Å². The summed E-state index contributed by atoms with van der Waals surface area (Å²) in [6, 6.07) is 1.88. The van der Waals surface area contributed by atoms with Gasteiger partial charge in [0.1, 0.15) is 5.52 Å². The van der Waals surface area contributed by atoms with E-state index in [4.69, 9.17) is 16.0 Å². The average Bonchev–Trinajstić information content (AvgIpc) is 3.40. The maximum Gasteiger partial charge on any atom is 0.319 e. The second-order valence-corrected chi connectivity index (χ2v) is 9.69. The minimum atomic E-state index is -0.533. The van der Waals surface area contributed by atoms with Crippen molar-refractivity contribution in [2.45, 2.75) is 56.5 Å². The van der Waals surface area contributed by atoms with Gasteiger partial charge >= 0.3 is 11.9 Å². The molecule has 2 saturated heterocycles. The van der Waals surface area contributed by atoms with Crippen LogP contribution in [-0.4, -0.2) is 58.9 Å². The zero-order valence-corrected chi connectivity index (χ0v) is 18.1. The van der Waals surface area contributed by atoms with Crippen LogP contribution in [0, 0.1) is 0 Å². The molecule has 1 aliphatic carbocycles. The molecule has 3 fully saturated rings. The number of nitrogens with zero attached hydrogens (tertiary/aromatic N) is 3. The predicted octanol–water partition coefficient (Wildman–Crippen LogP) is 3.70. The first kappa shape index (κ1) is 19.4. The number of fused-ring (bicyclic) bond motifs is 5. The molecule has 164 valence electrons. The lowest BCUT2D eigenvalue weighted by Crippen LogP contribution is -2.52. The van der Waals surface area contributed by atoms with Crippen LogP contribution in [0.2, 0.25) is 5.02 Å². The van der Waals surface area contributed by atoms with E-state index >= 15 is 0 Å². The zero-order valence-electron chi connectivity index (χ0n) is 17.4. The van der Waals surface area contributed by atoms with Crippen LogP contribution < -0.4 is 10.6 Å². The van der Waals surface area contributed by atoms with Gasteiger partial charge in [0.2, 0.25) is 0 Å². The first-order valence-corrected chi connectivity index (χ1v) is 11.7. The number of benzene rings is 1. The van der Waals surface area contributed by atoms with Crippen LogP contribution in [0.1, 0.15) is 61.2 Å². The SMILES string of the molecule is O=C1Nc2c(Cl)cc3nc(C(=O)N4CCN5CCCC5C4)oc3c2C2(CCCCC2)N1. The molecule has 1 saturated carbocycles. The van der Waals surface area contributed by atoms with Gasteiger partial charge in [-0.1, -0.05) is 30.9 Å². The smallest absolute Gasteiger partial charge is 0.319 e. The van der Waals surface area contributed by atoms with Gasteiger partial charge in [0.05, 0.1) is 16.2 Å². The maximum absolute atomic E-state index is 13.3. The van der Waals surface area contributed by atoms with Gasteiger partial charge in [0.25, 0.3) is 5.89 Å². The number of anilines is 1. The number of oxazole rings is 1. The van der Waals surface area contributed by atoms with Gasteiger partial charge in [0, 0.05) is 31.2 Å². The van der Waals surface area contributed by atoms with E-state index in [1.165, 1.54) is 6.42 Å². The summed E-state index contributed by atoms with van der Waals surface area (Å²) in [5.74, 6) is -0.0631. The molecule has 1 aromatic heterocycles. The first-order chi connectivity index (χ1) is 15.0. The molecule has 1 atom stereocenters. The molecule has 1 spiro atoms. The van der Waals surface area contributed by atoms with Crippen LogP contribution in [0.4, 0.5) is 10.5 Å². The normalized spacial score (nSPS) is 25.3. The largest absolute Gasteiger partial charge is 0.432 e. The van der Waals surface area contributed by atoms with Gasteiger partial charge in [-0.15, -0.1) is 0 Å². The van der Waals surface area contributed by atoms with Crippen LogP contribution in [0.25, 0.3) is 11.1 Å². The van der Waals surface area contributed by atoms with Crippen molar-refractivity contribution in [2.75, 3.05) is 31.5 Å². The molecule has 4 aliphatic rings. The lowest BCUT2D eigenvalue weighted by atomic mass is 9.74. The quantitative estimate of drug-likeness (QED) is 0.701. The fourth-order valence-corrected chi connectivity index (χ4v) is 6.22. The molecule has 6 rings (SSSR count). The standard InChI is InChI=1S/C22H26ClN5O3/c23-14-11-15-18(16-17(14)25-21(30)26-22(16)6-2-1-3-7-22)31-19(24-15)20(29)28-10-9-27-8-4-5-13(27)12-28/h11,13H,1-10,12H2,(H2,25,26,30). The minimum absolute atomic E-state index is 0.105. The Morgan fingerprint density at radius 3 is 2.87 bits per heavy atom. The van der Waals surface area contributed by atoms with E-state index in [0.717, 1.165) is 63.7 Å². The Labute approximate surface area is 185 Å². The van der Waals surface area contributed by atoms with Gasteiger partial charge in [0.15, 0.2) is 5.58 Å². The molecule has 9 heteroatoms. The Bertz CT molecular complexity index is 1080. The molecule has 0 bridgehead atoms. The van der Waals surface area contributed by atoms with Gasteiger partial charge in [-0.3, -0.25) is 9.69 Å². The van der Waals surface area contributed by atoms with Crippen molar-refractivity contribution in [3.8, 4) is 0 Å². The van der Waals surface area contributed by atoms with E-state index in [2.05, 4.69) is 20.5 Å². The van der Waals surface area contributed by atoms with Crippen molar-refractivity contribution >= 4 is 40.3 Å². The van der Waals surface area contributed by atoms with Gasteiger partial charge in [-0.25, -0.2) is 9.78 Å². The summed E-state index contributed by atoms with van der Waals surface area (Å²) >= 11 is 6.56. The van der Waals surface area contributed by atoms with Crippen LogP contribution in [0.5, 0.6) is 0 Å². The van der Waals surface area contributed by atoms with E-state index in [1.807, 2.05) is 4.90 Å². The number of rotatable bonds is 1. The fourth-order valence-electron chi connectivity index (χ4n) is 5.97. The number of urea groups is 1. The van der Waals surface area contributed by atoms with Gasteiger partial charge in [-0.05, 0) is 38.3 Å². The van der Waals surface area contributed by atoms with Crippen molar-refractivity contribution in [1.82, 2.24) is 20.1 Å². The Morgan fingerprint density at radius 2 is 2.03 bits per heavy atom. The van der Waals surface area contributed by atoms with Crippen molar-refractivity contribution in [3.63, 3.8) is 0 Å². The topological polar surface area (TPSA) is 90.7 Å². The molecular formula is C22H26ClN5O3. The second-order valence-electron chi connectivity index (χ2n) is 9.28. The summed E-state index contributed by atoms with van der Waals surface area (Å²) in [7, 11) is 0. The number of halogens is 1. The maximum atomic E-state index is 13.3. The lowest BCUT2D eigenvalue weighted by molar-refractivity contribution is 0.0536. The summed E-state index contributed by atoms with van der Waals surface area (Å²) in [6.07, 6.45) is 7.12. The summed E-state index contributed by atoms with van der Waals surface area (Å²) in [5, 5.41) is 6.41. The van der Waals surface area contributed by atoms with E-state index < -0.39 is 5.54 Å². The van der Waals surface area contributed by atoms with Crippen molar-refractivity contribution in [2.24, 2.45) is 0 Å². The third-order valence-electron chi connectivity index (χ3n) is 7.47. The lowest BCUT2D eigenvalue weighted by Gasteiger charge is -2.42. The Kier molecular flexibility index (Phi) is 4.44. The van der Waals surface area contributed by atoms with E-state index in [1.54, 1.807) is 6.07 Å². The minimum Gasteiger partial charge on any atom is -0.432 e. The molecule has 8 nitrogen and oxygen atoms in total. The van der Waals surface area contributed by atoms with Crippen molar-refractivity contribution < 1.29 is 14.0 Å². The molecule has 2 N–H and O–H groups in total. The molecular weight excluding hydrogens is 418 g/mol. The molecule has 3 amide bonds. The van der Waals surface area contributed by atoms with Crippen LogP contribution in [-0.2, 0) is 5.54 Å². The molecule has 0 radical (unpaired) electrons. The monoisotopic (exact) mass is 443 g/mol. The number of hydrogen-bond donors (Lipinski definition) is 2. The molecule has 1 unspecified atom stereocenters. The number of carbonyl (C=O) groups excluding carboxylic acids is 2. The molecule has 3 aliphatic heterocycles. The summed E-state index contributed by atoms with van der Waals surface area (Å²) in [6.45, 7) is 3.43. The highest BCUT2D eigenvalue weighted by atomic mass is 35.5. The average molecular weight is 444 g/mol. The number of carbonyl (C=O) groups is 2. The third kappa shape index (κ3) is 3.03. The van der Waals surface area contributed by atoms with E-state index in [0.29, 0.717) is 34.4 Å². The highest BCUT2D eigenvalue weighted by molar-refractivity contribution is 6.35. The van der Waals surface area contributed by atoms with Crippen molar-refractivity contribution in [3.05, 3.63) is 22.5 Å². The predicted molar refractivity (Wildman–Crippen MR) is 116 cm³/mol. The van der Waals surface area contributed by atoms with Gasteiger partial charge < -0.3 is 20.0 Å². The number of nitrogens with one attached hydrogen (secondary N) is 2. The van der Waals surface area contributed by atoms with Crippen LogP contribution in [0.15, 0.2) is 10.5 Å². The fraction of sp³-hybridized carbons (Fsp3) is 0.591. The number of hydrogen-bond acceptors (Lipinski definition) is 5. The highest BCUT2D eigenvalue weighted by Gasteiger charge is 2.44. The summed E-state index contributed by atoms with van der Waals surface area (Å²) < 4.78 is 6.14. The highest BCUT2D eigenvalue weighted by Crippen LogP contribution is 2.48. The second kappa shape index (κ2) is 7.10. The Morgan fingerprint density at radius 1 is 1.19 bits per heavy atom.